The van der Waals surface area contributed by atoms with E-state index in [1.165, 1.54) is 6.08 Å². The van der Waals surface area contributed by atoms with Crippen molar-refractivity contribution < 1.29 is 0 Å². The lowest BCUT2D eigenvalue weighted by molar-refractivity contribution is 0.958. The molecule has 0 aromatic rings. The molecule has 1 radical (unpaired) electrons. The summed E-state index contributed by atoms with van der Waals surface area (Å²) in [6, 6.07) is 1.93. The fraction of sp³-hybridized carbons (Fsp3) is 0.400. The molecule has 0 aromatic heterocycles. The zero-order valence-corrected chi connectivity index (χ0v) is 3.68. The van der Waals surface area contributed by atoms with Crippen LogP contribution in [-0.2, 0) is 0 Å². The predicted octanol–water partition coefficient (Wildman–Crippen LogP) is 1.14. The Bertz CT molecular complexity index is 78.4. The third kappa shape index (κ3) is 1.54. The van der Waals surface area contributed by atoms with Crippen LogP contribution in [0.25, 0.3) is 0 Å². The molecule has 6 heavy (non-hydrogen) atoms. The number of allylic oxidation sites excluding steroid dienone is 1. The molecule has 0 aliphatic heterocycles. The zero-order chi connectivity index (χ0) is 4.99. The van der Waals surface area contributed by atoms with Crippen molar-refractivity contribution in [2.75, 3.05) is 0 Å². The van der Waals surface area contributed by atoms with Crippen LogP contribution >= 0.6 is 0 Å². The normalized spacial score (nSPS) is 12.0. The van der Waals surface area contributed by atoms with Crippen LogP contribution in [0.1, 0.15) is 6.92 Å². The highest BCUT2D eigenvalue weighted by Gasteiger charge is 1.83. The second-order valence-electron chi connectivity index (χ2n) is 1.11. The van der Waals surface area contributed by atoms with Crippen molar-refractivity contribution in [2.45, 2.75) is 6.92 Å². The standard InChI is InChI=1S/C5H6N/c1-3-5(2)4-6/h1,3,5H,2H3. The molecule has 0 rings (SSSR count). The smallest absolute Gasteiger partial charge is 0.0694 e. The highest BCUT2D eigenvalue weighted by Crippen LogP contribution is 1.87. The van der Waals surface area contributed by atoms with E-state index in [0.29, 0.717) is 0 Å². The molecule has 0 N–H and O–H groups in total. The maximum absolute atomic E-state index is 7.97. The summed E-state index contributed by atoms with van der Waals surface area (Å²) in [6.07, 6.45) is 1.36. The molecule has 0 bridgehead atoms. The summed E-state index contributed by atoms with van der Waals surface area (Å²) in [5, 5.41) is 7.97. The molecule has 0 saturated carbocycles. The van der Waals surface area contributed by atoms with Gasteiger partial charge in [0.15, 0.2) is 0 Å². The first-order chi connectivity index (χ1) is 2.81. The number of hydrogen-bond acceptors (Lipinski definition) is 1. The minimum absolute atomic E-state index is 0.106. The molecule has 0 saturated heterocycles. The third-order valence-corrected chi connectivity index (χ3v) is 0.492. The minimum atomic E-state index is -0.106. The van der Waals surface area contributed by atoms with Gasteiger partial charge in [-0.1, -0.05) is 12.7 Å². The number of nitriles is 1. The monoisotopic (exact) mass is 80.1 g/mol. The molecule has 31 valence electrons. The Labute approximate surface area is 37.9 Å². The van der Waals surface area contributed by atoms with E-state index in [9.17, 15) is 0 Å². The van der Waals surface area contributed by atoms with E-state index in [2.05, 4.69) is 0 Å². The summed E-state index contributed by atoms with van der Waals surface area (Å²) in [6.45, 7) is 6.67. The van der Waals surface area contributed by atoms with Crippen molar-refractivity contribution in [1.29, 1.82) is 5.26 Å². The van der Waals surface area contributed by atoms with Crippen molar-refractivity contribution in [3.8, 4) is 6.07 Å². The Hall–Kier alpha value is -0.770. The van der Waals surface area contributed by atoms with E-state index in [-0.39, 0.29) is 5.92 Å². The molecule has 0 aromatic carbocycles. The second-order valence-corrected chi connectivity index (χ2v) is 1.11. The first-order valence-corrected chi connectivity index (χ1v) is 1.76. The molecule has 1 nitrogen and oxygen atoms in total. The molecule has 0 fully saturated rings. The van der Waals surface area contributed by atoms with Crippen LogP contribution < -0.4 is 0 Å². The molecular weight excluding hydrogens is 74.1 g/mol. The molecule has 0 amide bonds. The fourth-order valence-electron chi connectivity index (χ4n) is 0.0430. The van der Waals surface area contributed by atoms with Crippen molar-refractivity contribution >= 4 is 0 Å². The maximum Gasteiger partial charge on any atom is 0.0694 e. The van der Waals surface area contributed by atoms with E-state index < -0.39 is 0 Å². The van der Waals surface area contributed by atoms with E-state index in [1.807, 2.05) is 6.07 Å². The minimum Gasteiger partial charge on any atom is -0.198 e. The molecule has 1 unspecified atom stereocenters. The zero-order valence-electron chi connectivity index (χ0n) is 3.68. The van der Waals surface area contributed by atoms with Crippen LogP contribution in [0.3, 0.4) is 0 Å². The van der Waals surface area contributed by atoms with Crippen molar-refractivity contribution in [2.24, 2.45) is 5.92 Å². The van der Waals surface area contributed by atoms with Gasteiger partial charge in [-0.25, -0.2) is 0 Å². The molecule has 0 aliphatic rings. The largest absolute Gasteiger partial charge is 0.198 e. The van der Waals surface area contributed by atoms with Crippen LogP contribution in [0, 0.1) is 23.8 Å². The summed E-state index contributed by atoms with van der Waals surface area (Å²) >= 11 is 0. The van der Waals surface area contributed by atoms with Crippen LogP contribution in [-0.4, -0.2) is 0 Å². The summed E-state index contributed by atoms with van der Waals surface area (Å²) in [5.41, 5.74) is 0. The van der Waals surface area contributed by atoms with E-state index >= 15 is 0 Å². The highest BCUT2D eigenvalue weighted by atomic mass is 14.2. The lowest BCUT2D eigenvalue weighted by Crippen LogP contribution is -1.76. The van der Waals surface area contributed by atoms with Gasteiger partial charge in [0.2, 0.25) is 0 Å². The van der Waals surface area contributed by atoms with Gasteiger partial charge in [-0.2, -0.15) is 5.26 Å². The van der Waals surface area contributed by atoms with Crippen LogP contribution in [0.5, 0.6) is 0 Å². The summed E-state index contributed by atoms with van der Waals surface area (Å²) in [5.74, 6) is -0.106. The highest BCUT2D eigenvalue weighted by molar-refractivity contribution is 4.89. The summed E-state index contributed by atoms with van der Waals surface area (Å²) in [4.78, 5) is 0. The third-order valence-electron chi connectivity index (χ3n) is 0.492. The van der Waals surface area contributed by atoms with Gasteiger partial charge in [0.1, 0.15) is 0 Å². The van der Waals surface area contributed by atoms with Gasteiger partial charge < -0.3 is 0 Å². The topological polar surface area (TPSA) is 23.8 Å². The molecular formula is C5H6N. The van der Waals surface area contributed by atoms with Crippen molar-refractivity contribution in [3.05, 3.63) is 12.7 Å². The summed E-state index contributed by atoms with van der Waals surface area (Å²) in [7, 11) is 0. The molecule has 0 aliphatic carbocycles. The van der Waals surface area contributed by atoms with Gasteiger partial charge in [-0.15, -0.1) is 0 Å². The summed E-state index contributed by atoms with van der Waals surface area (Å²) < 4.78 is 0. The van der Waals surface area contributed by atoms with Crippen LogP contribution in [0.15, 0.2) is 6.08 Å². The first kappa shape index (κ1) is 5.23. The predicted molar refractivity (Wildman–Crippen MR) is 23.6 cm³/mol. The van der Waals surface area contributed by atoms with Crippen molar-refractivity contribution in [3.63, 3.8) is 0 Å². The van der Waals surface area contributed by atoms with Gasteiger partial charge in [0, 0.05) is 0 Å². The average Bonchev–Trinajstić information content (AvgIpc) is 1.65. The second kappa shape index (κ2) is 2.47. The lowest BCUT2D eigenvalue weighted by Gasteiger charge is -1.80. The fourth-order valence-corrected chi connectivity index (χ4v) is 0.0430. The molecule has 1 atom stereocenters. The van der Waals surface area contributed by atoms with E-state index in [1.54, 1.807) is 6.92 Å². The molecule has 1 heteroatoms. The Kier molecular flexibility index (Phi) is 2.15. The molecule has 0 spiro atoms. The van der Waals surface area contributed by atoms with E-state index in [0.717, 1.165) is 0 Å². The van der Waals surface area contributed by atoms with Gasteiger partial charge >= 0.3 is 0 Å². The van der Waals surface area contributed by atoms with Crippen molar-refractivity contribution in [1.82, 2.24) is 0 Å². The van der Waals surface area contributed by atoms with Gasteiger partial charge in [-0.05, 0) is 6.92 Å². The maximum atomic E-state index is 7.97. The number of rotatable bonds is 1. The quantitative estimate of drug-likeness (QED) is 0.463. The van der Waals surface area contributed by atoms with Crippen LogP contribution in [0.4, 0.5) is 0 Å². The Balaban J connectivity index is 3.30. The Morgan fingerprint density at radius 1 is 2.00 bits per heavy atom. The average molecular weight is 80.1 g/mol. The van der Waals surface area contributed by atoms with E-state index in [4.69, 9.17) is 11.8 Å². The number of nitrogens with zero attached hydrogens (tertiary/aromatic N) is 1. The van der Waals surface area contributed by atoms with Gasteiger partial charge in [0.05, 0.1) is 12.0 Å². The Morgan fingerprint density at radius 2 is 2.50 bits per heavy atom. The van der Waals surface area contributed by atoms with Crippen LogP contribution in [0.2, 0.25) is 0 Å². The molecule has 0 heterocycles. The van der Waals surface area contributed by atoms with Gasteiger partial charge in [0.25, 0.3) is 0 Å². The van der Waals surface area contributed by atoms with Gasteiger partial charge in [-0.3, -0.25) is 0 Å². The SMILES string of the molecule is [CH]=CC(C)C#N. The first-order valence-electron chi connectivity index (χ1n) is 1.76. The Morgan fingerprint density at radius 3 is 2.50 bits per heavy atom. The number of hydrogen-bond donors (Lipinski definition) is 0. The lowest BCUT2D eigenvalue weighted by atomic mass is 10.2.